The molecular weight excluding hydrogens is 348 g/mol. The van der Waals surface area contributed by atoms with E-state index < -0.39 is 17.7 Å². The third-order valence-electron chi connectivity index (χ3n) is 6.24. The molecule has 3 N–H and O–H groups in total. The maximum atomic E-state index is 14.6. The van der Waals surface area contributed by atoms with Crippen molar-refractivity contribution in [3.05, 3.63) is 70.8 Å². The number of hydrogen-bond donors (Lipinski definition) is 2. The normalized spacial score (nSPS) is 30.8. The molecule has 6 rings (SSSR count). The van der Waals surface area contributed by atoms with Gasteiger partial charge in [-0.25, -0.2) is 13.6 Å². The van der Waals surface area contributed by atoms with Crippen molar-refractivity contribution in [2.75, 3.05) is 6.54 Å². The highest BCUT2D eigenvalue weighted by Crippen LogP contribution is 2.58. The van der Waals surface area contributed by atoms with Gasteiger partial charge in [0, 0.05) is 29.3 Å². The Morgan fingerprint density at radius 3 is 2.56 bits per heavy atom. The first-order valence-corrected chi connectivity index (χ1v) is 9.29. The Balaban J connectivity index is 1.51. The van der Waals surface area contributed by atoms with Gasteiger partial charge in [0.15, 0.2) is 0 Å². The molecular formula is C21H21F2N3O. The summed E-state index contributed by atoms with van der Waals surface area (Å²) in [5.41, 5.74) is 8.07. The number of amides is 2. The van der Waals surface area contributed by atoms with Crippen LogP contribution in [0, 0.1) is 11.6 Å². The second kappa shape index (κ2) is 5.52. The van der Waals surface area contributed by atoms with Crippen LogP contribution in [-0.4, -0.2) is 28.6 Å². The maximum absolute atomic E-state index is 14.6. The molecule has 3 saturated carbocycles. The van der Waals surface area contributed by atoms with Crippen LogP contribution in [0.2, 0.25) is 0 Å². The highest BCUT2D eigenvalue weighted by Gasteiger charge is 2.67. The average Bonchev–Trinajstić information content (AvgIpc) is 2.59. The SMILES string of the molecule is NC12CC(NC(=O)N3CCc4ccccc4C3c3ccc(F)cc3F)(C1)C2. The van der Waals surface area contributed by atoms with E-state index in [1.54, 1.807) is 4.90 Å². The summed E-state index contributed by atoms with van der Waals surface area (Å²) >= 11 is 0. The molecule has 2 aromatic rings. The van der Waals surface area contributed by atoms with Gasteiger partial charge < -0.3 is 16.0 Å². The number of nitrogens with two attached hydrogens (primary N) is 1. The van der Waals surface area contributed by atoms with Crippen LogP contribution in [-0.2, 0) is 6.42 Å². The lowest BCUT2D eigenvalue weighted by molar-refractivity contribution is -0.0718. The number of halogens is 2. The van der Waals surface area contributed by atoms with Crippen molar-refractivity contribution in [3.8, 4) is 0 Å². The van der Waals surface area contributed by atoms with Crippen LogP contribution < -0.4 is 11.1 Å². The highest BCUT2D eigenvalue weighted by atomic mass is 19.1. The van der Waals surface area contributed by atoms with E-state index in [0.717, 1.165) is 36.5 Å². The number of fused-ring (bicyclic) bond motifs is 1. The van der Waals surface area contributed by atoms with Gasteiger partial charge in [-0.05, 0) is 42.9 Å². The van der Waals surface area contributed by atoms with Gasteiger partial charge in [-0.1, -0.05) is 30.3 Å². The topological polar surface area (TPSA) is 58.4 Å². The van der Waals surface area contributed by atoms with E-state index in [9.17, 15) is 13.6 Å². The van der Waals surface area contributed by atoms with Gasteiger partial charge in [-0.15, -0.1) is 0 Å². The van der Waals surface area contributed by atoms with Crippen LogP contribution in [0.4, 0.5) is 13.6 Å². The van der Waals surface area contributed by atoms with Crippen molar-refractivity contribution in [1.82, 2.24) is 10.2 Å². The first kappa shape index (κ1) is 16.7. The lowest BCUT2D eigenvalue weighted by Gasteiger charge is -2.69. The van der Waals surface area contributed by atoms with Gasteiger partial charge in [0.05, 0.1) is 6.04 Å². The van der Waals surface area contributed by atoms with Crippen molar-refractivity contribution < 1.29 is 13.6 Å². The zero-order chi connectivity index (χ0) is 18.8. The largest absolute Gasteiger partial charge is 0.332 e. The van der Waals surface area contributed by atoms with Crippen molar-refractivity contribution >= 4 is 6.03 Å². The minimum absolute atomic E-state index is 0.107. The molecule has 3 fully saturated rings. The van der Waals surface area contributed by atoms with Gasteiger partial charge in [0.2, 0.25) is 0 Å². The minimum atomic E-state index is -0.638. The standard InChI is InChI=1S/C21H21F2N3O/c22-14-5-6-16(17(23)9-14)18-15-4-2-1-3-13(15)7-8-26(18)19(27)25-21-10-20(24,11-21)12-21/h1-6,9,18H,7-8,10-12,24H2,(H,25,27). The summed E-state index contributed by atoms with van der Waals surface area (Å²) in [5.74, 6) is -1.26. The first-order chi connectivity index (χ1) is 12.9. The zero-order valence-electron chi connectivity index (χ0n) is 14.8. The zero-order valence-corrected chi connectivity index (χ0v) is 14.8. The number of rotatable bonds is 2. The molecule has 1 aliphatic heterocycles. The Morgan fingerprint density at radius 2 is 1.85 bits per heavy atom. The third kappa shape index (κ3) is 2.54. The number of nitrogens with zero attached hydrogens (tertiary/aromatic N) is 1. The predicted octanol–water partition coefficient (Wildman–Crippen LogP) is 3.26. The van der Waals surface area contributed by atoms with E-state index in [0.29, 0.717) is 18.5 Å². The summed E-state index contributed by atoms with van der Waals surface area (Å²) in [6.45, 7) is 0.480. The molecule has 27 heavy (non-hydrogen) atoms. The number of carbonyl (C=O) groups is 1. The van der Waals surface area contributed by atoms with Crippen LogP contribution in [0.5, 0.6) is 0 Å². The van der Waals surface area contributed by atoms with E-state index in [1.165, 1.54) is 12.1 Å². The van der Waals surface area contributed by atoms with Gasteiger partial charge in [0.1, 0.15) is 11.6 Å². The monoisotopic (exact) mass is 369 g/mol. The average molecular weight is 369 g/mol. The Morgan fingerprint density at radius 1 is 1.11 bits per heavy atom. The molecule has 0 aromatic heterocycles. The number of benzene rings is 2. The number of hydrogen-bond acceptors (Lipinski definition) is 2. The molecule has 2 amide bonds. The fourth-order valence-corrected chi connectivity index (χ4v) is 5.14. The molecule has 4 nitrogen and oxygen atoms in total. The second-order valence-corrected chi connectivity index (χ2v) is 8.31. The van der Waals surface area contributed by atoms with Crippen LogP contribution in [0.3, 0.4) is 0 Å². The molecule has 0 saturated heterocycles. The lowest BCUT2D eigenvalue weighted by Crippen LogP contribution is -2.82. The molecule has 1 heterocycles. The smallest absolute Gasteiger partial charge is 0.318 e. The summed E-state index contributed by atoms with van der Waals surface area (Å²) in [6, 6.07) is 10.5. The summed E-state index contributed by atoms with van der Waals surface area (Å²) in [4.78, 5) is 14.8. The van der Waals surface area contributed by atoms with E-state index in [4.69, 9.17) is 5.73 Å². The molecule has 140 valence electrons. The van der Waals surface area contributed by atoms with Crippen LogP contribution in [0.25, 0.3) is 0 Å². The van der Waals surface area contributed by atoms with E-state index >= 15 is 0 Å². The van der Waals surface area contributed by atoms with Gasteiger partial charge >= 0.3 is 6.03 Å². The van der Waals surface area contributed by atoms with Gasteiger partial charge in [0.25, 0.3) is 0 Å². The highest BCUT2D eigenvalue weighted by molar-refractivity contribution is 5.78. The molecule has 4 aliphatic rings. The molecule has 0 radical (unpaired) electrons. The molecule has 2 aromatic carbocycles. The van der Waals surface area contributed by atoms with E-state index in [2.05, 4.69) is 5.32 Å². The molecule has 1 unspecified atom stereocenters. The molecule has 3 aliphatic carbocycles. The van der Waals surface area contributed by atoms with Crippen LogP contribution >= 0.6 is 0 Å². The maximum Gasteiger partial charge on any atom is 0.318 e. The number of urea groups is 1. The molecule has 0 spiro atoms. The summed E-state index contributed by atoms with van der Waals surface area (Å²) in [6.07, 6.45) is 3.10. The summed E-state index contributed by atoms with van der Waals surface area (Å²) in [7, 11) is 0. The van der Waals surface area contributed by atoms with Gasteiger partial charge in [-0.2, -0.15) is 0 Å². The number of carbonyl (C=O) groups excluding carboxylic acids is 1. The predicted molar refractivity (Wildman–Crippen MR) is 97.1 cm³/mol. The third-order valence-corrected chi connectivity index (χ3v) is 6.24. The summed E-state index contributed by atoms with van der Waals surface area (Å²) < 4.78 is 28.1. The molecule has 2 bridgehead atoms. The van der Waals surface area contributed by atoms with E-state index in [1.807, 2.05) is 24.3 Å². The fraction of sp³-hybridized carbons (Fsp3) is 0.381. The second-order valence-electron chi connectivity index (χ2n) is 8.31. The molecule has 1 atom stereocenters. The quantitative estimate of drug-likeness (QED) is 0.854. The Hall–Kier alpha value is -2.47. The van der Waals surface area contributed by atoms with Crippen LogP contribution in [0.15, 0.2) is 42.5 Å². The lowest BCUT2D eigenvalue weighted by atomic mass is 9.44. The summed E-state index contributed by atoms with van der Waals surface area (Å²) in [5, 5.41) is 3.13. The van der Waals surface area contributed by atoms with Crippen molar-refractivity contribution in [2.24, 2.45) is 5.73 Å². The van der Waals surface area contributed by atoms with Crippen molar-refractivity contribution in [2.45, 2.75) is 42.8 Å². The minimum Gasteiger partial charge on any atom is -0.332 e. The Labute approximate surface area is 156 Å². The van der Waals surface area contributed by atoms with Crippen molar-refractivity contribution in [1.29, 1.82) is 0 Å². The van der Waals surface area contributed by atoms with Crippen molar-refractivity contribution in [3.63, 3.8) is 0 Å². The fourth-order valence-electron chi connectivity index (χ4n) is 5.14. The number of nitrogens with one attached hydrogen (secondary N) is 1. The van der Waals surface area contributed by atoms with Gasteiger partial charge in [-0.3, -0.25) is 0 Å². The van der Waals surface area contributed by atoms with E-state index in [-0.39, 0.29) is 17.1 Å². The van der Waals surface area contributed by atoms with Crippen LogP contribution in [0.1, 0.15) is 42.0 Å². The Bertz CT molecular complexity index is 925. The molecule has 6 heteroatoms. The first-order valence-electron chi connectivity index (χ1n) is 9.29. The Kier molecular flexibility index (Phi) is 3.41.